The number of nitrogens with one attached hydrogen (secondary N) is 2. The molecule has 0 spiro atoms. The number of amides is 1. The monoisotopic (exact) mass is 426 g/mol. The molecule has 5 nitrogen and oxygen atoms in total. The molecule has 1 heterocycles. The minimum Gasteiger partial charge on any atom is -0.357 e. The number of guanidine groups is 1. The van der Waals surface area contributed by atoms with Crippen molar-refractivity contribution in [3.8, 4) is 0 Å². The van der Waals surface area contributed by atoms with Crippen molar-refractivity contribution in [2.24, 2.45) is 10.9 Å². The van der Waals surface area contributed by atoms with Crippen LogP contribution in [0.3, 0.4) is 0 Å². The Labute approximate surface area is 163 Å². The van der Waals surface area contributed by atoms with E-state index in [1.54, 1.807) is 6.07 Å². The van der Waals surface area contributed by atoms with E-state index in [1.165, 1.54) is 6.07 Å². The predicted octanol–water partition coefficient (Wildman–Crippen LogP) is 3.29. The maximum absolute atomic E-state index is 13.6. The zero-order chi connectivity index (χ0) is 19.1. The van der Waals surface area contributed by atoms with Gasteiger partial charge in [0.15, 0.2) is 5.96 Å². The molecule has 1 aromatic rings. The number of benzene rings is 1. The predicted molar refractivity (Wildman–Crippen MR) is 106 cm³/mol. The van der Waals surface area contributed by atoms with Crippen LogP contribution in [0.4, 0.5) is 4.39 Å². The first kappa shape index (κ1) is 20.7. The number of carbonyl (C=O) groups excluding carboxylic acids is 1. The summed E-state index contributed by atoms with van der Waals surface area (Å²) in [6, 6.07) is 5.33. The molecule has 0 radical (unpaired) electrons. The first-order valence-electron chi connectivity index (χ1n) is 9.18. The number of aliphatic imine (C=N–C) groups is 1. The van der Waals surface area contributed by atoms with E-state index in [4.69, 9.17) is 0 Å². The molecule has 1 fully saturated rings. The standard InChI is InChI=1S/C19H28BrFN4O/c1-4-22-19(23-12-14-5-6-16(20)17(21)11-14)24-15-7-9-25(10-8-15)18(26)13(2)3/h5-6,11,13,15H,4,7-10,12H2,1-3H3,(H2,22,23,24). The average Bonchev–Trinajstić information content (AvgIpc) is 2.62. The zero-order valence-corrected chi connectivity index (χ0v) is 17.3. The van der Waals surface area contributed by atoms with Crippen LogP contribution in [0.1, 0.15) is 39.2 Å². The topological polar surface area (TPSA) is 56.7 Å². The molecule has 1 amide bonds. The number of hydrogen-bond donors (Lipinski definition) is 2. The molecule has 2 N–H and O–H groups in total. The van der Waals surface area contributed by atoms with Crippen LogP contribution >= 0.6 is 15.9 Å². The molecule has 0 aliphatic carbocycles. The van der Waals surface area contributed by atoms with Crippen LogP contribution in [0.5, 0.6) is 0 Å². The van der Waals surface area contributed by atoms with Crippen molar-refractivity contribution in [1.82, 2.24) is 15.5 Å². The highest BCUT2D eigenvalue weighted by atomic mass is 79.9. The second-order valence-electron chi connectivity index (χ2n) is 6.84. The maximum atomic E-state index is 13.6. The van der Waals surface area contributed by atoms with E-state index in [1.807, 2.05) is 31.7 Å². The van der Waals surface area contributed by atoms with Crippen LogP contribution in [-0.4, -0.2) is 42.4 Å². The Bertz CT molecular complexity index is 642. The summed E-state index contributed by atoms with van der Waals surface area (Å²) in [6.07, 6.45) is 1.80. The summed E-state index contributed by atoms with van der Waals surface area (Å²) in [6.45, 7) is 8.59. The number of hydrogen-bond acceptors (Lipinski definition) is 2. The first-order valence-corrected chi connectivity index (χ1v) is 9.97. The Morgan fingerprint density at radius 1 is 1.38 bits per heavy atom. The molecule has 0 unspecified atom stereocenters. The van der Waals surface area contributed by atoms with E-state index in [0.29, 0.717) is 11.0 Å². The summed E-state index contributed by atoms with van der Waals surface area (Å²) < 4.78 is 14.1. The van der Waals surface area contributed by atoms with Crippen LogP contribution < -0.4 is 10.6 Å². The zero-order valence-electron chi connectivity index (χ0n) is 15.7. The van der Waals surface area contributed by atoms with Gasteiger partial charge in [0.05, 0.1) is 11.0 Å². The van der Waals surface area contributed by atoms with Crippen molar-refractivity contribution in [2.45, 2.75) is 46.2 Å². The van der Waals surface area contributed by atoms with Crippen LogP contribution in [-0.2, 0) is 11.3 Å². The number of likely N-dealkylation sites (tertiary alicyclic amines) is 1. The summed E-state index contributed by atoms with van der Waals surface area (Å²) >= 11 is 3.16. The van der Waals surface area contributed by atoms with E-state index in [0.717, 1.165) is 44.0 Å². The quantitative estimate of drug-likeness (QED) is 0.560. The lowest BCUT2D eigenvalue weighted by atomic mass is 10.0. The van der Waals surface area contributed by atoms with E-state index in [9.17, 15) is 9.18 Å². The van der Waals surface area contributed by atoms with Gasteiger partial charge in [-0.2, -0.15) is 0 Å². The fourth-order valence-corrected chi connectivity index (χ4v) is 3.18. The Hall–Kier alpha value is -1.63. The van der Waals surface area contributed by atoms with Gasteiger partial charge in [-0.05, 0) is 53.4 Å². The number of rotatable bonds is 5. The van der Waals surface area contributed by atoms with Crippen molar-refractivity contribution in [2.75, 3.05) is 19.6 Å². The molecular formula is C19H28BrFN4O. The number of nitrogens with zero attached hydrogens (tertiary/aromatic N) is 2. The molecule has 144 valence electrons. The molecule has 2 rings (SSSR count). The highest BCUT2D eigenvalue weighted by Crippen LogP contribution is 2.17. The Balaban J connectivity index is 1.91. The minimum atomic E-state index is -0.280. The van der Waals surface area contributed by atoms with Gasteiger partial charge in [-0.25, -0.2) is 9.38 Å². The maximum Gasteiger partial charge on any atom is 0.225 e. The van der Waals surface area contributed by atoms with Crippen LogP contribution in [0, 0.1) is 11.7 Å². The van der Waals surface area contributed by atoms with E-state index >= 15 is 0 Å². The molecule has 1 aliphatic heterocycles. The fourth-order valence-electron chi connectivity index (χ4n) is 2.93. The highest BCUT2D eigenvalue weighted by Gasteiger charge is 2.24. The Morgan fingerprint density at radius 2 is 2.08 bits per heavy atom. The Morgan fingerprint density at radius 3 is 2.65 bits per heavy atom. The molecule has 1 saturated heterocycles. The van der Waals surface area contributed by atoms with Gasteiger partial charge in [-0.1, -0.05) is 19.9 Å². The lowest BCUT2D eigenvalue weighted by Crippen LogP contribution is -2.50. The molecule has 1 aliphatic rings. The average molecular weight is 427 g/mol. The van der Waals surface area contributed by atoms with Crippen LogP contribution in [0.15, 0.2) is 27.7 Å². The van der Waals surface area contributed by atoms with E-state index in [2.05, 4.69) is 31.6 Å². The van der Waals surface area contributed by atoms with Gasteiger partial charge in [-0.3, -0.25) is 4.79 Å². The van der Waals surface area contributed by atoms with Gasteiger partial charge in [0, 0.05) is 31.6 Å². The summed E-state index contributed by atoms with van der Waals surface area (Å²) in [4.78, 5) is 18.6. The minimum absolute atomic E-state index is 0.0460. The third-order valence-electron chi connectivity index (χ3n) is 4.39. The van der Waals surface area contributed by atoms with Gasteiger partial charge >= 0.3 is 0 Å². The molecule has 0 aromatic heterocycles. The number of halogens is 2. The molecule has 0 saturated carbocycles. The van der Waals surface area contributed by atoms with Crippen molar-refractivity contribution < 1.29 is 9.18 Å². The summed E-state index contributed by atoms with van der Waals surface area (Å²) in [5.41, 5.74) is 0.820. The first-order chi connectivity index (χ1) is 12.4. The molecule has 26 heavy (non-hydrogen) atoms. The van der Waals surface area contributed by atoms with Crippen LogP contribution in [0.2, 0.25) is 0 Å². The third-order valence-corrected chi connectivity index (χ3v) is 5.03. The summed E-state index contributed by atoms with van der Waals surface area (Å²) in [5, 5.41) is 6.67. The highest BCUT2D eigenvalue weighted by molar-refractivity contribution is 9.10. The van der Waals surface area contributed by atoms with Gasteiger partial charge in [0.1, 0.15) is 5.82 Å². The summed E-state index contributed by atoms with van der Waals surface area (Å²) in [5.74, 6) is 0.716. The Kier molecular flexibility index (Phi) is 7.87. The molecular weight excluding hydrogens is 399 g/mol. The lowest BCUT2D eigenvalue weighted by Gasteiger charge is -2.34. The van der Waals surface area contributed by atoms with Crippen molar-refractivity contribution >= 4 is 27.8 Å². The van der Waals surface area contributed by atoms with Crippen molar-refractivity contribution in [1.29, 1.82) is 0 Å². The van der Waals surface area contributed by atoms with Gasteiger partial charge < -0.3 is 15.5 Å². The third kappa shape index (κ3) is 5.97. The molecule has 7 heteroatoms. The second-order valence-corrected chi connectivity index (χ2v) is 7.70. The van der Waals surface area contributed by atoms with Crippen LogP contribution in [0.25, 0.3) is 0 Å². The second kappa shape index (κ2) is 9.90. The van der Waals surface area contributed by atoms with Crippen molar-refractivity contribution in [3.05, 3.63) is 34.1 Å². The van der Waals surface area contributed by atoms with Crippen molar-refractivity contribution in [3.63, 3.8) is 0 Å². The smallest absolute Gasteiger partial charge is 0.225 e. The van der Waals surface area contributed by atoms with Gasteiger partial charge in [0.2, 0.25) is 5.91 Å². The van der Waals surface area contributed by atoms with E-state index < -0.39 is 0 Å². The molecule has 0 bridgehead atoms. The molecule has 0 atom stereocenters. The normalized spacial score (nSPS) is 16.1. The van der Waals surface area contributed by atoms with Gasteiger partial charge in [-0.15, -0.1) is 0 Å². The number of carbonyl (C=O) groups is 1. The SMILES string of the molecule is CCNC(=NCc1ccc(Br)c(F)c1)NC1CCN(C(=O)C(C)C)CC1. The fraction of sp³-hybridized carbons (Fsp3) is 0.579. The summed E-state index contributed by atoms with van der Waals surface area (Å²) in [7, 11) is 0. The number of piperidine rings is 1. The van der Waals surface area contributed by atoms with E-state index in [-0.39, 0.29) is 23.7 Å². The largest absolute Gasteiger partial charge is 0.357 e. The van der Waals surface area contributed by atoms with Gasteiger partial charge in [0.25, 0.3) is 0 Å². The lowest BCUT2D eigenvalue weighted by molar-refractivity contribution is -0.135. The molecule has 1 aromatic carbocycles.